The first-order valence-electron chi connectivity index (χ1n) is 12.2. The molecule has 1 aromatic carbocycles. The summed E-state index contributed by atoms with van der Waals surface area (Å²) in [6, 6.07) is 2.84. The molecule has 3 amide bonds. The quantitative estimate of drug-likeness (QED) is 0.394. The Kier molecular flexibility index (Phi) is 11.3. The number of hydrogen-bond donors (Lipinski definition) is 3. The predicted molar refractivity (Wildman–Crippen MR) is 138 cm³/mol. The van der Waals surface area contributed by atoms with Gasteiger partial charge in [-0.05, 0) is 70.2 Å². The van der Waals surface area contributed by atoms with Crippen LogP contribution in [0.3, 0.4) is 0 Å². The molecule has 0 radical (unpaired) electrons. The van der Waals surface area contributed by atoms with Crippen LogP contribution in [0.2, 0.25) is 0 Å². The van der Waals surface area contributed by atoms with Gasteiger partial charge in [-0.15, -0.1) is 6.58 Å². The number of carbonyl (C=O) groups is 3. The van der Waals surface area contributed by atoms with Crippen LogP contribution in [0, 0.1) is 12.8 Å². The number of nitrogens with zero attached hydrogens (tertiary/aromatic N) is 1. The standard InChI is InChI=1S/C27H43N3O5/c1-10-12-19(6)28-24(32)23(20-13-14-21(31)18(5)16-20)30(15-11-2)25(33)22(17(3)4)29-26(34)35-27(7,8)9/h11,13-14,16-17,19,22-23,31H,2,10,12,15H2,1,3-9H3,(H,28,32)(H,29,34). The van der Waals surface area contributed by atoms with Crippen LogP contribution in [0.15, 0.2) is 30.9 Å². The van der Waals surface area contributed by atoms with E-state index < -0.39 is 29.7 Å². The van der Waals surface area contributed by atoms with Crippen molar-refractivity contribution in [3.63, 3.8) is 0 Å². The van der Waals surface area contributed by atoms with Gasteiger partial charge in [0.05, 0.1) is 0 Å². The number of aromatic hydroxyl groups is 1. The maximum absolute atomic E-state index is 13.8. The number of alkyl carbamates (subject to hydrolysis) is 1. The first-order chi connectivity index (χ1) is 16.2. The maximum atomic E-state index is 13.8. The van der Waals surface area contributed by atoms with Crippen molar-refractivity contribution in [1.29, 1.82) is 0 Å². The molecule has 3 atom stereocenters. The average Bonchev–Trinajstić information content (AvgIpc) is 2.72. The van der Waals surface area contributed by atoms with Crippen molar-refractivity contribution < 1.29 is 24.2 Å². The van der Waals surface area contributed by atoms with E-state index in [1.165, 1.54) is 11.0 Å². The SMILES string of the molecule is C=CCN(C(=O)C(NC(=O)OC(C)(C)C)C(C)C)C(C(=O)NC(C)CCC)c1ccc(O)c(C)c1. The molecular formula is C27H43N3O5. The van der Waals surface area contributed by atoms with Crippen LogP contribution in [-0.2, 0) is 14.3 Å². The fourth-order valence-corrected chi connectivity index (χ4v) is 3.74. The lowest BCUT2D eigenvalue weighted by Gasteiger charge is -2.35. The van der Waals surface area contributed by atoms with E-state index in [4.69, 9.17) is 4.74 Å². The number of amides is 3. The Morgan fingerprint density at radius 2 is 1.80 bits per heavy atom. The van der Waals surface area contributed by atoms with Gasteiger partial charge in [0.15, 0.2) is 0 Å². The second-order valence-corrected chi connectivity index (χ2v) is 10.3. The van der Waals surface area contributed by atoms with E-state index in [0.717, 1.165) is 12.8 Å². The highest BCUT2D eigenvalue weighted by Gasteiger charge is 2.37. The van der Waals surface area contributed by atoms with Crippen LogP contribution in [0.4, 0.5) is 4.79 Å². The Morgan fingerprint density at radius 1 is 1.17 bits per heavy atom. The van der Waals surface area contributed by atoms with Crippen molar-refractivity contribution in [3.05, 3.63) is 42.0 Å². The Hall–Kier alpha value is -3.03. The molecule has 196 valence electrons. The first kappa shape index (κ1) is 30.0. The zero-order chi connectivity index (χ0) is 26.9. The van der Waals surface area contributed by atoms with E-state index in [1.54, 1.807) is 45.9 Å². The second kappa shape index (κ2) is 13.2. The smallest absolute Gasteiger partial charge is 0.408 e. The summed E-state index contributed by atoms with van der Waals surface area (Å²) in [7, 11) is 0. The fraction of sp³-hybridized carbons (Fsp3) is 0.593. The van der Waals surface area contributed by atoms with E-state index in [9.17, 15) is 19.5 Å². The van der Waals surface area contributed by atoms with Gasteiger partial charge in [0.1, 0.15) is 23.4 Å². The third kappa shape index (κ3) is 9.26. The summed E-state index contributed by atoms with van der Waals surface area (Å²) in [4.78, 5) is 41.3. The van der Waals surface area contributed by atoms with E-state index >= 15 is 0 Å². The number of carbonyl (C=O) groups excluding carboxylic acids is 3. The number of benzene rings is 1. The van der Waals surface area contributed by atoms with Crippen LogP contribution < -0.4 is 10.6 Å². The maximum Gasteiger partial charge on any atom is 0.408 e. The van der Waals surface area contributed by atoms with Crippen LogP contribution in [0.1, 0.15) is 78.5 Å². The van der Waals surface area contributed by atoms with Gasteiger partial charge >= 0.3 is 6.09 Å². The molecule has 0 aliphatic rings. The summed E-state index contributed by atoms with van der Waals surface area (Å²) >= 11 is 0. The number of ether oxygens (including phenoxy) is 1. The molecule has 1 aromatic rings. The highest BCUT2D eigenvalue weighted by atomic mass is 16.6. The molecule has 0 aliphatic carbocycles. The first-order valence-corrected chi connectivity index (χ1v) is 12.2. The number of hydrogen-bond acceptors (Lipinski definition) is 5. The highest BCUT2D eigenvalue weighted by Crippen LogP contribution is 2.28. The summed E-state index contributed by atoms with van der Waals surface area (Å²) < 4.78 is 5.36. The van der Waals surface area contributed by atoms with Crippen molar-refractivity contribution in [2.24, 2.45) is 5.92 Å². The summed E-state index contributed by atoms with van der Waals surface area (Å²) in [5.41, 5.74) is 0.410. The number of phenols is 1. The van der Waals surface area contributed by atoms with Gasteiger partial charge in [-0.1, -0.05) is 39.3 Å². The number of aryl methyl sites for hydroxylation is 1. The van der Waals surface area contributed by atoms with Gasteiger partial charge < -0.3 is 25.4 Å². The molecule has 8 nitrogen and oxygen atoms in total. The van der Waals surface area contributed by atoms with Crippen molar-refractivity contribution in [1.82, 2.24) is 15.5 Å². The highest BCUT2D eigenvalue weighted by molar-refractivity contribution is 5.92. The molecule has 35 heavy (non-hydrogen) atoms. The molecule has 0 bridgehead atoms. The molecule has 0 heterocycles. The molecule has 0 saturated heterocycles. The fourth-order valence-electron chi connectivity index (χ4n) is 3.74. The van der Waals surface area contributed by atoms with Crippen molar-refractivity contribution in [2.75, 3.05) is 6.54 Å². The van der Waals surface area contributed by atoms with E-state index in [2.05, 4.69) is 17.2 Å². The third-order valence-electron chi connectivity index (χ3n) is 5.42. The van der Waals surface area contributed by atoms with Crippen molar-refractivity contribution in [3.8, 4) is 5.75 Å². The Balaban J connectivity index is 3.47. The number of nitrogens with one attached hydrogen (secondary N) is 2. The molecular weight excluding hydrogens is 446 g/mol. The minimum atomic E-state index is -0.985. The van der Waals surface area contributed by atoms with Gasteiger partial charge in [0, 0.05) is 12.6 Å². The summed E-state index contributed by atoms with van der Waals surface area (Å²) in [6.45, 7) is 18.4. The van der Waals surface area contributed by atoms with Crippen LogP contribution in [-0.4, -0.2) is 52.1 Å². The number of phenolic OH excluding ortho intramolecular Hbond substituents is 1. The Labute approximate surface area is 210 Å². The monoisotopic (exact) mass is 489 g/mol. The van der Waals surface area contributed by atoms with Gasteiger partial charge in [0.25, 0.3) is 0 Å². The predicted octanol–water partition coefficient (Wildman–Crippen LogP) is 4.61. The van der Waals surface area contributed by atoms with Crippen LogP contribution in [0.25, 0.3) is 0 Å². The van der Waals surface area contributed by atoms with Crippen LogP contribution >= 0.6 is 0 Å². The Morgan fingerprint density at radius 3 is 2.29 bits per heavy atom. The molecule has 3 unspecified atom stereocenters. The molecule has 3 N–H and O–H groups in total. The largest absolute Gasteiger partial charge is 0.508 e. The molecule has 8 heteroatoms. The second-order valence-electron chi connectivity index (χ2n) is 10.3. The summed E-state index contributed by atoms with van der Waals surface area (Å²) in [6.07, 6.45) is 2.53. The van der Waals surface area contributed by atoms with Gasteiger partial charge in [-0.2, -0.15) is 0 Å². The summed E-state index contributed by atoms with van der Waals surface area (Å²) in [5, 5.41) is 15.7. The van der Waals surface area contributed by atoms with E-state index in [1.807, 2.05) is 27.7 Å². The van der Waals surface area contributed by atoms with Crippen molar-refractivity contribution >= 4 is 17.9 Å². The number of rotatable bonds is 11. The van der Waals surface area contributed by atoms with Gasteiger partial charge in [-0.25, -0.2) is 4.79 Å². The van der Waals surface area contributed by atoms with Crippen LogP contribution in [0.5, 0.6) is 5.75 Å². The molecule has 0 spiro atoms. The lowest BCUT2D eigenvalue weighted by atomic mass is 9.97. The Bertz CT molecular complexity index is 891. The minimum absolute atomic E-state index is 0.0816. The lowest BCUT2D eigenvalue weighted by Crippen LogP contribution is -2.55. The summed E-state index contributed by atoms with van der Waals surface area (Å²) in [5.74, 6) is -0.946. The van der Waals surface area contributed by atoms with E-state index in [-0.39, 0.29) is 30.2 Å². The molecule has 0 aliphatic heterocycles. The van der Waals surface area contributed by atoms with Gasteiger partial charge in [-0.3, -0.25) is 9.59 Å². The molecule has 0 aromatic heterocycles. The lowest BCUT2D eigenvalue weighted by molar-refractivity contribution is -0.142. The molecule has 0 saturated carbocycles. The normalized spacial score (nSPS) is 14.0. The zero-order valence-electron chi connectivity index (χ0n) is 22.5. The average molecular weight is 490 g/mol. The molecule has 1 rings (SSSR count). The minimum Gasteiger partial charge on any atom is -0.508 e. The zero-order valence-corrected chi connectivity index (χ0v) is 22.5. The van der Waals surface area contributed by atoms with Gasteiger partial charge in [0.2, 0.25) is 11.8 Å². The van der Waals surface area contributed by atoms with E-state index in [0.29, 0.717) is 11.1 Å². The van der Waals surface area contributed by atoms with Crippen molar-refractivity contribution in [2.45, 2.75) is 92.0 Å². The molecule has 0 fully saturated rings. The topological polar surface area (TPSA) is 108 Å². The third-order valence-corrected chi connectivity index (χ3v) is 5.42.